The maximum absolute atomic E-state index is 12.9. The third-order valence-electron chi connectivity index (χ3n) is 2.65. The Morgan fingerprint density at radius 3 is 3.00 bits per heavy atom. The van der Waals surface area contributed by atoms with Crippen molar-refractivity contribution >= 4 is 5.91 Å². The summed E-state index contributed by atoms with van der Waals surface area (Å²) < 4.78 is 14.8. The van der Waals surface area contributed by atoms with Crippen LogP contribution in [0.1, 0.15) is 15.9 Å². The molecule has 0 aliphatic heterocycles. The quantitative estimate of drug-likeness (QED) is 0.894. The number of nitrogens with zero attached hydrogens (tertiary/aromatic N) is 2. The van der Waals surface area contributed by atoms with E-state index in [4.69, 9.17) is 0 Å². The van der Waals surface area contributed by atoms with Gasteiger partial charge in [-0.25, -0.2) is 9.37 Å². The summed E-state index contributed by atoms with van der Waals surface area (Å²) >= 11 is 0. The number of halogens is 1. The number of aromatic nitrogens is 2. The summed E-state index contributed by atoms with van der Waals surface area (Å²) in [5.41, 5.74) is 1.14. The van der Waals surface area contributed by atoms with Crippen LogP contribution in [0, 0.1) is 12.7 Å². The molecule has 0 aliphatic rings. The zero-order chi connectivity index (χ0) is 13.0. The summed E-state index contributed by atoms with van der Waals surface area (Å²) in [5, 5.41) is 2.79. The molecule has 0 unspecified atom stereocenters. The monoisotopic (exact) mass is 247 g/mol. The standard InChI is InChI=1S/C13H14FN3O/c1-10-8-11(14)2-3-12(10)13(18)16-5-7-17-6-4-15-9-17/h2-4,6,8-9H,5,7H2,1H3,(H,16,18). The van der Waals surface area contributed by atoms with Crippen molar-refractivity contribution in [2.24, 2.45) is 0 Å². The molecule has 1 N–H and O–H groups in total. The molecule has 5 heteroatoms. The zero-order valence-corrected chi connectivity index (χ0v) is 10.1. The lowest BCUT2D eigenvalue weighted by Crippen LogP contribution is -2.27. The van der Waals surface area contributed by atoms with Crippen LogP contribution < -0.4 is 5.32 Å². The van der Waals surface area contributed by atoms with Gasteiger partial charge in [-0.2, -0.15) is 0 Å². The topological polar surface area (TPSA) is 46.9 Å². The molecule has 1 aromatic heterocycles. The molecule has 0 radical (unpaired) electrons. The van der Waals surface area contributed by atoms with Gasteiger partial charge in [-0.3, -0.25) is 4.79 Å². The van der Waals surface area contributed by atoms with E-state index in [1.54, 1.807) is 19.4 Å². The molecule has 1 heterocycles. The summed E-state index contributed by atoms with van der Waals surface area (Å²) in [5.74, 6) is -0.518. The van der Waals surface area contributed by atoms with E-state index in [0.29, 0.717) is 24.2 Å². The Hall–Kier alpha value is -2.17. The van der Waals surface area contributed by atoms with Crippen LogP contribution in [0.3, 0.4) is 0 Å². The number of carbonyl (C=O) groups is 1. The molecular weight excluding hydrogens is 233 g/mol. The summed E-state index contributed by atoms with van der Waals surface area (Å²) in [4.78, 5) is 15.8. The Bertz CT molecular complexity index is 537. The molecule has 1 amide bonds. The fourth-order valence-electron chi connectivity index (χ4n) is 1.69. The molecule has 94 valence electrons. The van der Waals surface area contributed by atoms with E-state index in [0.717, 1.165) is 0 Å². The summed E-state index contributed by atoms with van der Waals surface area (Å²) in [6.45, 7) is 2.88. The van der Waals surface area contributed by atoms with Gasteiger partial charge in [0.25, 0.3) is 5.91 Å². The summed E-state index contributed by atoms with van der Waals surface area (Å²) in [7, 11) is 0. The molecule has 0 aliphatic carbocycles. The Morgan fingerprint density at radius 2 is 2.33 bits per heavy atom. The summed E-state index contributed by atoms with van der Waals surface area (Å²) in [6, 6.07) is 4.14. The van der Waals surface area contributed by atoms with Gasteiger partial charge in [0.05, 0.1) is 6.33 Å². The van der Waals surface area contributed by atoms with Gasteiger partial charge < -0.3 is 9.88 Å². The van der Waals surface area contributed by atoms with Crippen LogP contribution in [-0.4, -0.2) is 22.0 Å². The van der Waals surface area contributed by atoms with Crippen LogP contribution in [0.5, 0.6) is 0 Å². The van der Waals surface area contributed by atoms with Crippen molar-refractivity contribution in [2.45, 2.75) is 13.5 Å². The highest BCUT2D eigenvalue weighted by molar-refractivity contribution is 5.95. The number of carbonyl (C=O) groups excluding carboxylic acids is 1. The Morgan fingerprint density at radius 1 is 1.50 bits per heavy atom. The highest BCUT2D eigenvalue weighted by Gasteiger charge is 2.08. The van der Waals surface area contributed by atoms with E-state index in [1.807, 2.05) is 10.8 Å². The second-order valence-corrected chi connectivity index (χ2v) is 4.02. The number of aryl methyl sites for hydroxylation is 1. The number of imidazole rings is 1. The number of hydrogen-bond donors (Lipinski definition) is 1. The predicted octanol–water partition coefficient (Wildman–Crippen LogP) is 1.76. The Kier molecular flexibility index (Phi) is 3.72. The third kappa shape index (κ3) is 2.94. The second-order valence-electron chi connectivity index (χ2n) is 4.02. The Labute approximate surface area is 104 Å². The third-order valence-corrected chi connectivity index (χ3v) is 2.65. The average Bonchev–Trinajstić information content (AvgIpc) is 2.81. The normalized spacial score (nSPS) is 10.3. The molecule has 0 spiro atoms. The molecular formula is C13H14FN3O. The van der Waals surface area contributed by atoms with E-state index in [1.165, 1.54) is 18.2 Å². The first-order valence-corrected chi connectivity index (χ1v) is 5.67. The average molecular weight is 247 g/mol. The van der Waals surface area contributed by atoms with Crippen molar-refractivity contribution in [3.05, 3.63) is 53.9 Å². The molecule has 0 saturated carbocycles. The fourth-order valence-corrected chi connectivity index (χ4v) is 1.69. The molecule has 0 bridgehead atoms. The highest BCUT2D eigenvalue weighted by Crippen LogP contribution is 2.09. The van der Waals surface area contributed by atoms with Crippen LogP contribution >= 0.6 is 0 Å². The smallest absolute Gasteiger partial charge is 0.251 e. The van der Waals surface area contributed by atoms with Crippen molar-refractivity contribution in [3.63, 3.8) is 0 Å². The first kappa shape index (κ1) is 12.3. The molecule has 2 aromatic rings. The van der Waals surface area contributed by atoms with E-state index in [2.05, 4.69) is 10.3 Å². The summed E-state index contributed by atoms with van der Waals surface area (Å²) in [6.07, 6.45) is 5.20. The lowest BCUT2D eigenvalue weighted by molar-refractivity contribution is 0.0951. The van der Waals surface area contributed by atoms with Crippen LogP contribution in [-0.2, 0) is 6.54 Å². The minimum atomic E-state index is -0.331. The zero-order valence-electron chi connectivity index (χ0n) is 10.1. The van der Waals surface area contributed by atoms with E-state index < -0.39 is 0 Å². The number of hydrogen-bond acceptors (Lipinski definition) is 2. The van der Waals surface area contributed by atoms with Gasteiger partial charge in [-0.05, 0) is 30.7 Å². The number of rotatable bonds is 4. The van der Waals surface area contributed by atoms with Crippen LogP contribution in [0.25, 0.3) is 0 Å². The van der Waals surface area contributed by atoms with Gasteiger partial charge in [-0.1, -0.05) is 0 Å². The molecule has 0 fully saturated rings. The maximum atomic E-state index is 12.9. The van der Waals surface area contributed by atoms with Crippen LogP contribution in [0.15, 0.2) is 36.9 Å². The van der Waals surface area contributed by atoms with Gasteiger partial charge in [0.15, 0.2) is 0 Å². The van der Waals surface area contributed by atoms with Crippen LogP contribution in [0.4, 0.5) is 4.39 Å². The second kappa shape index (κ2) is 5.44. The molecule has 4 nitrogen and oxygen atoms in total. The molecule has 0 atom stereocenters. The first-order chi connectivity index (χ1) is 8.66. The van der Waals surface area contributed by atoms with Crippen LogP contribution in [0.2, 0.25) is 0 Å². The minimum absolute atomic E-state index is 0.187. The van der Waals surface area contributed by atoms with E-state index in [-0.39, 0.29) is 11.7 Å². The molecule has 0 saturated heterocycles. The Balaban J connectivity index is 1.91. The SMILES string of the molecule is Cc1cc(F)ccc1C(=O)NCCn1ccnc1. The number of nitrogens with one attached hydrogen (secondary N) is 1. The van der Waals surface area contributed by atoms with Crippen molar-refractivity contribution < 1.29 is 9.18 Å². The van der Waals surface area contributed by atoms with Crippen molar-refractivity contribution in [1.29, 1.82) is 0 Å². The predicted molar refractivity (Wildman–Crippen MR) is 65.7 cm³/mol. The lowest BCUT2D eigenvalue weighted by atomic mass is 10.1. The first-order valence-electron chi connectivity index (χ1n) is 5.67. The van der Waals surface area contributed by atoms with Crippen molar-refractivity contribution in [2.75, 3.05) is 6.54 Å². The lowest BCUT2D eigenvalue weighted by Gasteiger charge is -2.08. The maximum Gasteiger partial charge on any atom is 0.251 e. The fraction of sp³-hybridized carbons (Fsp3) is 0.231. The minimum Gasteiger partial charge on any atom is -0.350 e. The molecule has 2 rings (SSSR count). The largest absolute Gasteiger partial charge is 0.350 e. The van der Waals surface area contributed by atoms with Gasteiger partial charge in [-0.15, -0.1) is 0 Å². The van der Waals surface area contributed by atoms with Crippen molar-refractivity contribution in [3.8, 4) is 0 Å². The van der Waals surface area contributed by atoms with E-state index in [9.17, 15) is 9.18 Å². The van der Waals surface area contributed by atoms with Gasteiger partial charge in [0.2, 0.25) is 0 Å². The van der Waals surface area contributed by atoms with Gasteiger partial charge in [0.1, 0.15) is 5.82 Å². The number of benzene rings is 1. The number of amides is 1. The molecule has 1 aromatic carbocycles. The van der Waals surface area contributed by atoms with Crippen molar-refractivity contribution in [1.82, 2.24) is 14.9 Å². The van der Waals surface area contributed by atoms with Gasteiger partial charge in [0, 0.05) is 31.0 Å². The molecule has 18 heavy (non-hydrogen) atoms. The highest BCUT2D eigenvalue weighted by atomic mass is 19.1. The van der Waals surface area contributed by atoms with E-state index >= 15 is 0 Å². The van der Waals surface area contributed by atoms with Gasteiger partial charge >= 0.3 is 0 Å².